The Morgan fingerprint density at radius 3 is 2.52 bits per heavy atom. The molecule has 21 heavy (non-hydrogen) atoms. The lowest BCUT2D eigenvalue weighted by molar-refractivity contribution is -0.151. The first-order chi connectivity index (χ1) is 10.1. The van der Waals surface area contributed by atoms with Gasteiger partial charge in [0.15, 0.2) is 0 Å². The van der Waals surface area contributed by atoms with Crippen molar-refractivity contribution >= 4 is 5.97 Å². The Morgan fingerprint density at radius 2 is 1.95 bits per heavy atom. The molecule has 0 spiro atoms. The monoisotopic (exact) mass is 295 g/mol. The van der Waals surface area contributed by atoms with Crippen LogP contribution in [0.25, 0.3) is 0 Å². The molecular weight excluding hydrogens is 262 g/mol. The molecule has 1 aliphatic heterocycles. The van der Waals surface area contributed by atoms with Gasteiger partial charge in [-0.3, -0.25) is 9.69 Å². The third-order valence-electron chi connectivity index (χ3n) is 5.77. The Morgan fingerprint density at radius 1 is 1.24 bits per heavy atom. The fourth-order valence-electron chi connectivity index (χ4n) is 4.08. The Kier molecular flexibility index (Phi) is 6.53. The molecule has 2 aliphatic rings. The van der Waals surface area contributed by atoms with Gasteiger partial charge < -0.3 is 4.74 Å². The molecule has 1 saturated heterocycles. The first-order valence-corrected chi connectivity index (χ1v) is 9.04. The molecule has 0 aromatic carbocycles. The van der Waals surface area contributed by atoms with Crippen LogP contribution in [-0.4, -0.2) is 36.6 Å². The standard InChI is InChI=1S/C18H33NO2/c1-4-7-17(16-8-5-6-9-16)18(20)21-13-12-19-11-10-14(2)15(19)3/h14-17H,4-13H2,1-3H3. The van der Waals surface area contributed by atoms with Crippen LogP contribution in [0.15, 0.2) is 0 Å². The summed E-state index contributed by atoms with van der Waals surface area (Å²) < 4.78 is 5.63. The molecule has 122 valence electrons. The molecule has 0 N–H and O–H groups in total. The first kappa shape index (κ1) is 16.8. The summed E-state index contributed by atoms with van der Waals surface area (Å²) in [7, 11) is 0. The second kappa shape index (κ2) is 8.17. The zero-order chi connectivity index (χ0) is 15.2. The molecule has 1 saturated carbocycles. The number of hydrogen-bond donors (Lipinski definition) is 0. The lowest BCUT2D eigenvalue weighted by atomic mass is 9.87. The van der Waals surface area contributed by atoms with E-state index in [1.807, 2.05) is 0 Å². The molecule has 3 unspecified atom stereocenters. The quantitative estimate of drug-likeness (QED) is 0.668. The van der Waals surface area contributed by atoms with Crippen molar-refractivity contribution in [3.05, 3.63) is 0 Å². The van der Waals surface area contributed by atoms with Crippen LogP contribution in [0.3, 0.4) is 0 Å². The van der Waals surface area contributed by atoms with Crippen molar-refractivity contribution in [1.29, 1.82) is 0 Å². The number of rotatable bonds is 7. The molecule has 0 aromatic heterocycles. The maximum atomic E-state index is 12.4. The number of nitrogens with zero attached hydrogens (tertiary/aromatic N) is 1. The van der Waals surface area contributed by atoms with Gasteiger partial charge >= 0.3 is 5.97 Å². The summed E-state index contributed by atoms with van der Waals surface area (Å²) >= 11 is 0. The number of carbonyl (C=O) groups excluding carboxylic acids is 1. The van der Waals surface area contributed by atoms with Gasteiger partial charge in [0.2, 0.25) is 0 Å². The molecule has 2 fully saturated rings. The molecule has 0 bridgehead atoms. The van der Waals surface area contributed by atoms with Crippen molar-refractivity contribution in [1.82, 2.24) is 4.90 Å². The van der Waals surface area contributed by atoms with Crippen LogP contribution in [0.4, 0.5) is 0 Å². The van der Waals surface area contributed by atoms with Gasteiger partial charge in [0, 0.05) is 12.6 Å². The van der Waals surface area contributed by atoms with E-state index in [0.29, 0.717) is 18.6 Å². The molecule has 0 aromatic rings. The lowest BCUT2D eigenvalue weighted by Gasteiger charge is -2.24. The fraction of sp³-hybridized carbons (Fsp3) is 0.944. The summed E-state index contributed by atoms with van der Waals surface area (Å²) in [6.07, 6.45) is 8.39. The normalized spacial score (nSPS) is 28.9. The number of esters is 1. The maximum Gasteiger partial charge on any atom is 0.309 e. The van der Waals surface area contributed by atoms with Gasteiger partial charge in [-0.2, -0.15) is 0 Å². The van der Waals surface area contributed by atoms with E-state index in [0.717, 1.165) is 31.8 Å². The van der Waals surface area contributed by atoms with Crippen molar-refractivity contribution in [2.45, 2.75) is 71.8 Å². The van der Waals surface area contributed by atoms with Gasteiger partial charge in [0.1, 0.15) is 6.61 Å². The van der Waals surface area contributed by atoms with Crippen molar-refractivity contribution < 1.29 is 9.53 Å². The van der Waals surface area contributed by atoms with E-state index in [1.54, 1.807) is 0 Å². The van der Waals surface area contributed by atoms with E-state index in [-0.39, 0.29) is 11.9 Å². The van der Waals surface area contributed by atoms with E-state index in [4.69, 9.17) is 4.74 Å². The molecule has 3 heteroatoms. The van der Waals surface area contributed by atoms with Gasteiger partial charge in [0.25, 0.3) is 0 Å². The Labute approximate surface area is 130 Å². The predicted octanol–water partition coefficient (Wildman–Crippen LogP) is 3.87. The number of likely N-dealkylation sites (tertiary alicyclic amines) is 1. The van der Waals surface area contributed by atoms with E-state index >= 15 is 0 Å². The third kappa shape index (κ3) is 4.45. The van der Waals surface area contributed by atoms with Crippen LogP contribution >= 0.6 is 0 Å². The Bertz CT molecular complexity index is 325. The van der Waals surface area contributed by atoms with Crippen molar-refractivity contribution in [2.24, 2.45) is 17.8 Å². The number of ether oxygens (including phenoxy) is 1. The topological polar surface area (TPSA) is 29.5 Å². The second-order valence-corrected chi connectivity index (χ2v) is 7.15. The van der Waals surface area contributed by atoms with Crippen LogP contribution in [-0.2, 0) is 9.53 Å². The average molecular weight is 295 g/mol. The zero-order valence-electron chi connectivity index (χ0n) is 14.1. The summed E-state index contributed by atoms with van der Waals surface area (Å²) in [5.41, 5.74) is 0. The molecule has 1 heterocycles. The van der Waals surface area contributed by atoms with Crippen molar-refractivity contribution in [2.75, 3.05) is 19.7 Å². The second-order valence-electron chi connectivity index (χ2n) is 7.15. The van der Waals surface area contributed by atoms with Crippen molar-refractivity contribution in [3.63, 3.8) is 0 Å². The molecule has 0 amide bonds. The fourth-order valence-corrected chi connectivity index (χ4v) is 4.08. The molecule has 2 rings (SSSR count). The van der Waals surface area contributed by atoms with Gasteiger partial charge in [-0.05, 0) is 51.0 Å². The van der Waals surface area contributed by atoms with E-state index < -0.39 is 0 Å². The third-order valence-corrected chi connectivity index (χ3v) is 5.77. The maximum absolute atomic E-state index is 12.4. The number of hydrogen-bond acceptors (Lipinski definition) is 3. The minimum Gasteiger partial charge on any atom is -0.464 e. The molecule has 1 aliphatic carbocycles. The van der Waals surface area contributed by atoms with Gasteiger partial charge in [-0.25, -0.2) is 0 Å². The highest BCUT2D eigenvalue weighted by Gasteiger charge is 2.31. The van der Waals surface area contributed by atoms with E-state index in [1.165, 1.54) is 32.1 Å². The van der Waals surface area contributed by atoms with Crippen molar-refractivity contribution in [3.8, 4) is 0 Å². The largest absolute Gasteiger partial charge is 0.464 e. The predicted molar refractivity (Wildman–Crippen MR) is 86.1 cm³/mol. The van der Waals surface area contributed by atoms with Crippen LogP contribution in [0.5, 0.6) is 0 Å². The summed E-state index contributed by atoms with van der Waals surface area (Å²) in [5.74, 6) is 1.59. The van der Waals surface area contributed by atoms with Crippen LogP contribution < -0.4 is 0 Å². The summed E-state index contributed by atoms with van der Waals surface area (Å²) in [6, 6.07) is 0.630. The summed E-state index contributed by atoms with van der Waals surface area (Å²) in [5, 5.41) is 0. The highest BCUT2D eigenvalue weighted by atomic mass is 16.5. The van der Waals surface area contributed by atoms with E-state index in [9.17, 15) is 4.79 Å². The molecule has 0 radical (unpaired) electrons. The van der Waals surface area contributed by atoms with Crippen LogP contribution in [0, 0.1) is 17.8 Å². The summed E-state index contributed by atoms with van der Waals surface area (Å²) in [4.78, 5) is 14.9. The highest BCUT2D eigenvalue weighted by molar-refractivity contribution is 5.72. The minimum atomic E-state index is 0.0728. The van der Waals surface area contributed by atoms with Crippen LogP contribution in [0.2, 0.25) is 0 Å². The molecule has 3 nitrogen and oxygen atoms in total. The van der Waals surface area contributed by atoms with E-state index in [2.05, 4.69) is 25.7 Å². The first-order valence-electron chi connectivity index (χ1n) is 9.04. The molecular formula is C18H33NO2. The lowest BCUT2D eigenvalue weighted by Crippen LogP contribution is -2.34. The smallest absolute Gasteiger partial charge is 0.309 e. The van der Waals surface area contributed by atoms with Gasteiger partial charge in [-0.15, -0.1) is 0 Å². The SMILES string of the molecule is CCCC(C(=O)OCCN1CCC(C)C1C)C1CCCC1. The Balaban J connectivity index is 1.74. The minimum absolute atomic E-state index is 0.0728. The Hall–Kier alpha value is -0.570. The number of carbonyl (C=O) groups is 1. The van der Waals surface area contributed by atoms with Gasteiger partial charge in [-0.1, -0.05) is 33.1 Å². The highest BCUT2D eigenvalue weighted by Crippen LogP contribution is 2.34. The zero-order valence-corrected chi connectivity index (χ0v) is 14.1. The molecule has 3 atom stereocenters. The summed E-state index contributed by atoms with van der Waals surface area (Å²) in [6.45, 7) is 9.40. The van der Waals surface area contributed by atoms with Crippen LogP contribution in [0.1, 0.15) is 65.7 Å². The average Bonchev–Trinajstić information content (AvgIpc) is 3.10. The van der Waals surface area contributed by atoms with Gasteiger partial charge in [0.05, 0.1) is 5.92 Å².